The highest BCUT2D eigenvalue weighted by molar-refractivity contribution is 6.61. The third-order valence-electron chi connectivity index (χ3n) is 4.76. The number of nitrogens with zero attached hydrogens (tertiary/aromatic N) is 2. The zero-order valence-corrected chi connectivity index (χ0v) is 17.3. The lowest BCUT2D eigenvalue weighted by Gasteiger charge is -2.17. The molecule has 2 heterocycles. The van der Waals surface area contributed by atoms with Crippen LogP contribution in [0.25, 0.3) is 0 Å². The quantitative estimate of drug-likeness (QED) is 0.539. The van der Waals surface area contributed by atoms with Crippen LogP contribution >= 0.6 is 0 Å². The van der Waals surface area contributed by atoms with Crippen LogP contribution in [-0.2, 0) is 11.3 Å². The molecule has 0 aliphatic carbocycles. The Kier molecular flexibility index (Phi) is 6.78. The number of rotatable bonds is 8. The Bertz CT molecular complexity index is 889. The molecule has 0 spiro atoms. The topological polar surface area (TPSA) is 84.6 Å². The number of nitriles is 1. The lowest BCUT2D eigenvalue weighted by atomic mass is 9.80. The van der Waals surface area contributed by atoms with E-state index in [1.165, 1.54) is 6.42 Å². The van der Waals surface area contributed by atoms with Gasteiger partial charge >= 0.3 is 7.12 Å². The molecule has 1 N–H and O–H groups in total. The molecular formula is C22H27BN2O4. The summed E-state index contributed by atoms with van der Waals surface area (Å²) in [5.74, 6) is 1.23. The van der Waals surface area contributed by atoms with E-state index in [-0.39, 0.29) is 0 Å². The fraction of sp³-hybridized carbons (Fsp3) is 0.455. The summed E-state index contributed by atoms with van der Waals surface area (Å²) in [4.78, 5) is 4.36. The Balaban J connectivity index is 1.58. The molecule has 0 saturated heterocycles. The Morgan fingerprint density at radius 3 is 2.79 bits per heavy atom. The molecule has 2 aromatic rings. The Morgan fingerprint density at radius 1 is 1.21 bits per heavy atom. The number of unbranched alkanes of at least 4 members (excludes halogenated alkanes) is 2. The second-order valence-corrected chi connectivity index (χ2v) is 8.46. The highest BCUT2D eigenvalue weighted by Gasteiger charge is 2.27. The first-order valence-electron chi connectivity index (χ1n) is 10.00. The van der Waals surface area contributed by atoms with Crippen LogP contribution in [0.4, 0.5) is 0 Å². The second kappa shape index (κ2) is 9.30. The Labute approximate surface area is 172 Å². The first kappa shape index (κ1) is 21.2. The molecule has 0 radical (unpaired) electrons. The van der Waals surface area contributed by atoms with Crippen LogP contribution in [-0.4, -0.2) is 23.7 Å². The molecule has 1 aliphatic heterocycles. The number of pyridine rings is 1. The number of benzene rings is 1. The van der Waals surface area contributed by atoms with Gasteiger partial charge in [0.15, 0.2) is 0 Å². The fourth-order valence-corrected chi connectivity index (χ4v) is 3.17. The van der Waals surface area contributed by atoms with Crippen LogP contribution in [0.15, 0.2) is 30.3 Å². The number of fused-ring (bicyclic) bond motifs is 1. The van der Waals surface area contributed by atoms with E-state index in [4.69, 9.17) is 14.1 Å². The van der Waals surface area contributed by atoms with Gasteiger partial charge in [-0.3, -0.25) is 0 Å². The standard InChI is InChI=1S/C22H27BN2O4/c1-22(2,3)11-5-4-6-12-27-21-16(14-24)7-10-20(25-21)29-18-8-9-19-17(13-18)15-28-23(19)26/h7-10,13,26H,4-6,11-12,15H2,1-3H3. The van der Waals surface area contributed by atoms with Crippen molar-refractivity contribution in [2.75, 3.05) is 6.61 Å². The van der Waals surface area contributed by atoms with Crippen LogP contribution in [0.2, 0.25) is 0 Å². The van der Waals surface area contributed by atoms with E-state index in [0.29, 0.717) is 41.7 Å². The van der Waals surface area contributed by atoms with Crippen molar-refractivity contribution in [1.29, 1.82) is 5.26 Å². The number of hydrogen-bond donors (Lipinski definition) is 1. The number of aromatic nitrogens is 1. The fourth-order valence-electron chi connectivity index (χ4n) is 3.17. The molecule has 0 fully saturated rings. The van der Waals surface area contributed by atoms with E-state index in [1.807, 2.05) is 6.07 Å². The minimum absolute atomic E-state index is 0.292. The van der Waals surface area contributed by atoms with Crippen molar-refractivity contribution in [2.45, 2.75) is 53.1 Å². The maximum atomic E-state index is 9.71. The van der Waals surface area contributed by atoms with Gasteiger partial charge in [0.1, 0.15) is 17.4 Å². The Morgan fingerprint density at radius 2 is 2.03 bits per heavy atom. The van der Waals surface area contributed by atoms with Crippen molar-refractivity contribution in [1.82, 2.24) is 4.98 Å². The second-order valence-electron chi connectivity index (χ2n) is 8.46. The molecule has 7 heteroatoms. The molecule has 1 aliphatic rings. The van der Waals surface area contributed by atoms with Gasteiger partial charge in [-0.25, -0.2) is 0 Å². The van der Waals surface area contributed by atoms with Crippen molar-refractivity contribution in [3.05, 3.63) is 41.5 Å². The first-order valence-corrected chi connectivity index (χ1v) is 10.00. The maximum absolute atomic E-state index is 9.71. The monoisotopic (exact) mass is 394 g/mol. The van der Waals surface area contributed by atoms with E-state index < -0.39 is 7.12 Å². The summed E-state index contributed by atoms with van der Waals surface area (Å²) in [6.07, 6.45) is 4.34. The first-order chi connectivity index (χ1) is 13.9. The van der Waals surface area contributed by atoms with Crippen molar-refractivity contribution in [3.63, 3.8) is 0 Å². The summed E-state index contributed by atoms with van der Waals surface area (Å²) >= 11 is 0. The van der Waals surface area contributed by atoms with E-state index in [2.05, 4.69) is 31.8 Å². The van der Waals surface area contributed by atoms with Crippen LogP contribution in [0.5, 0.6) is 17.5 Å². The molecule has 3 rings (SSSR count). The molecule has 1 aromatic carbocycles. The van der Waals surface area contributed by atoms with Crippen molar-refractivity contribution in [2.24, 2.45) is 5.41 Å². The van der Waals surface area contributed by atoms with Crippen molar-refractivity contribution < 1.29 is 19.2 Å². The maximum Gasteiger partial charge on any atom is 0.491 e. The lowest BCUT2D eigenvalue weighted by Crippen LogP contribution is -2.27. The van der Waals surface area contributed by atoms with Crippen LogP contribution < -0.4 is 14.9 Å². The molecule has 6 nitrogen and oxygen atoms in total. The lowest BCUT2D eigenvalue weighted by molar-refractivity contribution is 0.275. The molecular weight excluding hydrogens is 367 g/mol. The highest BCUT2D eigenvalue weighted by Crippen LogP contribution is 2.26. The van der Waals surface area contributed by atoms with Gasteiger partial charge in [-0.1, -0.05) is 39.7 Å². The van der Waals surface area contributed by atoms with Gasteiger partial charge < -0.3 is 19.2 Å². The normalized spacial score (nSPS) is 13.1. The molecule has 152 valence electrons. The summed E-state index contributed by atoms with van der Waals surface area (Å²) in [5.41, 5.74) is 2.37. The minimum atomic E-state index is -0.879. The summed E-state index contributed by atoms with van der Waals surface area (Å²) < 4.78 is 16.8. The minimum Gasteiger partial charge on any atom is -0.477 e. The molecule has 1 aromatic heterocycles. The largest absolute Gasteiger partial charge is 0.491 e. The van der Waals surface area contributed by atoms with Gasteiger partial charge in [-0.05, 0) is 47.5 Å². The molecule has 29 heavy (non-hydrogen) atoms. The average molecular weight is 394 g/mol. The summed E-state index contributed by atoms with van der Waals surface area (Å²) in [6.45, 7) is 7.60. The molecule has 0 bridgehead atoms. The third kappa shape index (κ3) is 5.96. The van der Waals surface area contributed by atoms with Crippen LogP contribution in [0, 0.1) is 16.7 Å². The van der Waals surface area contributed by atoms with Gasteiger partial charge in [0, 0.05) is 6.07 Å². The van der Waals surface area contributed by atoms with Crippen LogP contribution in [0.3, 0.4) is 0 Å². The molecule has 0 unspecified atom stereocenters. The van der Waals surface area contributed by atoms with E-state index in [1.54, 1.807) is 24.3 Å². The summed E-state index contributed by atoms with van der Waals surface area (Å²) in [6, 6.07) is 10.8. The predicted molar refractivity (Wildman–Crippen MR) is 111 cm³/mol. The number of ether oxygens (including phenoxy) is 2. The third-order valence-corrected chi connectivity index (χ3v) is 4.76. The summed E-state index contributed by atoms with van der Waals surface area (Å²) in [7, 11) is -0.879. The van der Waals surface area contributed by atoms with E-state index in [0.717, 1.165) is 30.3 Å². The van der Waals surface area contributed by atoms with Crippen molar-refractivity contribution in [3.8, 4) is 23.6 Å². The summed E-state index contributed by atoms with van der Waals surface area (Å²) in [5, 5.41) is 19.0. The number of hydrogen-bond acceptors (Lipinski definition) is 6. The zero-order chi connectivity index (χ0) is 20.9. The highest BCUT2D eigenvalue weighted by atomic mass is 16.5. The SMILES string of the molecule is CC(C)(C)CCCCCOc1nc(Oc2ccc3c(c2)COB3O)ccc1C#N. The van der Waals surface area contributed by atoms with E-state index >= 15 is 0 Å². The molecule has 0 amide bonds. The van der Waals surface area contributed by atoms with Crippen molar-refractivity contribution >= 4 is 12.6 Å². The predicted octanol–water partition coefficient (Wildman–Crippen LogP) is 3.95. The zero-order valence-electron chi connectivity index (χ0n) is 17.3. The smallest absolute Gasteiger partial charge is 0.477 e. The van der Waals surface area contributed by atoms with Gasteiger partial charge in [-0.2, -0.15) is 10.2 Å². The average Bonchev–Trinajstić information content (AvgIpc) is 3.04. The van der Waals surface area contributed by atoms with Gasteiger partial charge in [0.25, 0.3) is 0 Å². The molecule has 0 atom stereocenters. The van der Waals surface area contributed by atoms with Gasteiger partial charge in [0.05, 0.1) is 13.2 Å². The molecule has 0 saturated carbocycles. The van der Waals surface area contributed by atoms with Gasteiger partial charge in [0.2, 0.25) is 11.8 Å². The van der Waals surface area contributed by atoms with E-state index in [9.17, 15) is 10.3 Å². The Hall–Kier alpha value is -2.56. The van der Waals surface area contributed by atoms with Crippen LogP contribution in [0.1, 0.15) is 57.6 Å². The van der Waals surface area contributed by atoms with Gasteiger partial charge in [-0.15, -0.1) is 0 Å².